The molecular formula is C23H23NO2S. The monoisotopic (exact) mass is 377 g/mol. The molecule has 1 N–H and O–H groups in total. The average molecular weight is 378 g/mol. The molecule has 0 unspecified atom stereocenters. The summed E-state index contributed by atoms with van der Waals surface area (Å²) in [5.74, 6) is 0.285. The molecule has 27 heavy (non-hydrogen) atoms. The number of hydrogen-bond donors (Lipinski definition) is 1. The number of benzene rings is 3. The Labute approximate surface area is 162 Å². The minimum Gasteiger partial charge on any atom is -0.345 e. The predicted molar refractivity (Wildman–Crippen MR) is 111 cm³/mol. The summed E-state index contributed by atoms with van der Waals surface area (Å²) >= 11 is 0. The van der Waals surface area contributed by atoms with E-state index in [0.717, 1.165) is 16.7 Å². The number of amides is 1. The summed E-state index contributed by atoms with van der Waals surface area (Å²) in [7, 11) is -1.17. The van der Waals surface area contributed by atoms with Gasteiger partial charge in [0.05, 0.1) is 27.3 Å². The van der Waals surface area contributed by atoms with E-state index in [4.69, 9.17) is 0 Å². The van der Waals surface area contributed by atoms with Crippen LogP contribution in [0.4, 0.5) is 0 Å². The highest BCUT2D eigenvalue weighted by Crippen LogP contribution is 2.22. The first kappa shape index (κ1) is 19.1. The summed E-state index contributed by atoms with van der Waals surface area (Å²) < 4.78 is 12.2. The van der Waals surface area contributed by atoms with Crippen molar-refractivity contribution in [2.24, 2.45) is 0 Å². The molecule has 138 valence electrons. The van der Waals surface area contributed by atoms with E-state index in [1.165, 1.54) is 0 Å². The van der Waals surface area contributed by atoms with Crippen molar-refractivity contribution >= 4 is 16.7 Å². The normalized spacial score (nSPS) is 13.0. The molecule has 4 heteroatoms. The molecule has 0 saturated carbocycles. The summed E-state index contributed by atoms with van der Waals surface area (Å²) in [4.78, 5) is 13.3. The van der Waals surface area contributed by atoms with E-state index in [9.17, 15) is 9.00 Å². The zero-order valence-electron chi connectivity index (χ0n) is 15.5. The van der Waals surface area contributed by atoms with E-state index in [2.05, 4.69) is 29.6 Å². The molecule has 0 heterocycles. The van der Waals surface area contributed by atoms with Crippen LogP contribution in [0.15, 0.2) is 83.8 Å². The molecule has 2 atom stereocenters. The van der Waals surface area contributed by atoms with Gasteiger partial charge in [-0.1, -0.05) is 73.7 Å². The van der Waals surface area contributed by atoms with Crippen LogP contribution in [0.3, 0.4) is 0 Å². The molecule has 0 fully saturated rings. The van der Waals surface area contributed by atoms with Crippen molar-refractivity contribution in [3.8, 4) is 11.1 Å². The maximum atomic E-state index is 12.7. The van der Waals surface area contributed by atoms with Crippen molar-refractivity contribution in [2.45, 2.75) is 24.8 Å². The summed E-state index contributed by atoms with van der Waals surface area (Å²) in [6.45, 7) is 3.80. The first-order valence-corrected chi connectivity index (χ1v) is 10.4. The second-order valence-corrected chi connectivity index (χ2v) is 8.02. The largest absolute Gasteiger partial charge is 0.345 e. The Bertz CT molecular complexity index is 936. The van der Waals surface area contributed by atoms with Crippen molar-refractivity contribution in [3.63, 3.8) is 0 Å². The maximum absolute atomic E-state index is 12.7. The number of carbonyl (C=O) groups excluding carboxylic acids is 1. The lowest BCUT2D eigenvalue weighted by Crippen LogP contribution is -2.27. The van der Waals surface area contributed by atoms with Crippen LogP contribution in [-0.4, -0.2) is 15.9 Å². The Morgan fingerprint density at radius 1 is 0.889 bits per heavy atom. The zero-order chi connectivity index (χ0) is 19.2. The molecular weight excluding hydrogens is 354 g/mol. The molecule has 1 amide bonds. The third-order valence-electron chi connectivity index (χ3n) is 4.50. The lowest BCUT2D eigenvalue weighted by atomic mass is 10.0. The number of nitrogens with one attached hydrogen (secondary N) is 1. The van der Waals surface area contributed by atoms with Gasteiger partial charge in [0.25, 0.3) is 5.91 Å². The molecule has 0 radical (unpaired) electrons. The fourth-order valence-electron chi connectivity index (χ4n) is 2.96. The van der Waals surface area contributed by atoms with Gasteiger partial charge in [0.15, 0.2) is 0 Å². The van der Waals surface area contributed by atoms with Gasteiger partial charge in [0, 0.05) is 5.75 Å². The van der Waals surface area contributed by atoms with Crippen LogP contribution in [0.2, 0.25) is 0 Å². The first-order valence-electron chi connectivity index (χ1n) is 9.03. The smallest absolute Gasteiger partial charge is 0.252 e. The van der Waals surface area contributed by atoms with E-state index in [1.807, 2.05) is 50.2 Å². The van der Waals surface area contributed by atoms with E-state index in [0.29, 0.717) is 16.2 Å². The van der Waals surface area contributed by atoms with Crippen LogP contribution in [0.25, 0.3) is 11.1 Å². The Morgan fingerprint density at radius 3 is 2.15 bits per heavy atom. The molecule has 3 nitrogen and oxygen atoms in total. The molecule has 0 aliphatic heterocycles. The van der Waals surface area contributed by atoms with E-state index >= 15 is 0 Å². The Balaban J connectivity index is 1.75. The summed E-state index contributed by atoms with van der Waals surface area (Å²) in [5.41, 5.74) is 3.81. The van der Waals surface area contributed by atoms with Crippen LogP contribution in [0.1, 0.15) is 35.8 Å². The van der Waals surface area contributed by atoms with Gasteiger partial charge < -0.3 is 5.32 Å². The first-order chi connectivity index (χ1) is 13.1. The quantitative estimate of drug-likeness (QED) is 0.659. The number of rotatable bonds is 6. The fourth-order valence-corrected chi connectivity index (χ4v) is 3.91. The standard InChI is InChI=1S/C23H23NO2S/c1-3-27(26)22-12-8-7-11-21(22)23(25)24-17(2)18-13-15-20(16-14-18)19-9-5-4-6-10-19/h4-17H,3H2,1-2H3,(H,24,25)/t17-,27+/m1/s1. The molecule has 0 spiro atoms. The van der Waals surface area contributed by atoms with Crippen LogP contribution < -0.4 is 5.32 Å². The van der Waals surface area contributed by atoms with Crippen LogP contribution >= 0.6 is 0 Å². The molecule has 3 rings (SSSR count). The van der Waals surface area contributed by atoms with Gasteiger partial charge in [-0.05, 0) is 35.7 Å². The number of hydrogen-bond acceptors (Lipinski definition) is 2. The molecule has 0 aromatic heterocycles. The average Bonchev–Trinajstić information content (AvgIpc) is 2.73. The lowest BCUT2D eigenvalue weighted by Gasteiger charge is -2.16. The molecule has 0 aliphatic rings. The van der Waals surface area contributed by atoms with Crippen molar-refractivity contribution in [1.82, 2.24) is 5.32 Å². The third kappa shape index (κ3) is 4.52. The van der Waals surface area contributed by atoms with Crippen LogP contribution in [0, 0.1) is 0 Å². The highest BCUT2D eigenvalue weighted by atomic mass is 32.2. The minimum atomic E-state index is -1.17. The van der Waals surface area contributed by atoms with Crippen molar-refractivity contribution in [3.05, 3.63) is 90.0 Å². The van der Waals surface area contributed by atoms with E-state index in [-0.39, 0.29) is 11.9 Å². The fraction of sp³-hybridized carbons (Fsp3) is 0.174. The maximum Gasteiger partial charge on any atom is 0.252 e. The topological polar surface area (TPSA) is 46.2 Å². The van der Waals surface area contributed by atoms with Gasteiger partial charge in [-0.25, -0.2) is 0 Å². The molecule has 3 aromatic carbocycles. The van der Waals surface area contributed by atoms with Crippen molar-refractivity contribution in [2.75, 3.05) is 5.75 Å². The predicted octanol–water partition coefficient (Wildman–Crippen LogP) is 4.97. The van der Waals surface area contributed by atoms with Crippen LogP contribution in [0.5, 0.6) is 0 Å². The van der Waals surface area contributed by atoms with Gasteiger partial charge in [0.1, 0.15) is 0 Å². The second-order valence-electron chi connectivity index (χ2n) is 6.31. The summed E-state index contributed by atoms with van der Waals surface area (Å²) in [5, 5.41) is 3.02. The highest BCUT2D eigenvalue weighted by Gasteiger charge is 2.17. The minimum absolute atomic E-state index is 0.148. The molecule has 0 aliphatic carbocycles. The highest BCUT2D eigenvalue weighted by molar-refractivity contribution is 7.85. The molecule has 0 bridgehead atoms. The summed E-state index contributed by atoms with van der Waals surface area (Å²) in [6.07, 6.45) is 0. The van der Waals surface area contributed by atoms with Gasteiger partial charge in [-0.2, -0.15) is 0 Å². The Hall–Kier alpha value is -2.72. The van der Waals surface area contributed by atoms with E-state index in [1.54, 1.807) is 18.2 Å². The van der Waals surface area contributed by atoms with Gasteiger partial charge in [-0.15, -0.1) is 0 Å². The Kier molecular flexibility index (Phi) is 6.20. The molecule has 3 aromatic rings. The van der Waals surface area contributed by atoms with E-state index < -0.39 is 10.8 Å². The van der Waals surface area contributed by atoms with Crippen molar-refractivity contribution < 1.29 is 9.00 Å². The van der Waals surface area contributed by atoms with Crippen LogP contribution in [-0.2, 0) is 10.8 Å². The zero-order valence-corrected chi connectivity index (χ0v) is 16.3. The second kappa shape index (κ2) is 8.78. The molecule has 0 saturated heterocycles. The van der Waals surface area contributed by atoms with Gasteiger partial charge >= 0.3 is 0 Å². The van der Waals surface area contributed by atoms with Gasteiger partial charge in [-0.3, -0.25) is 9.00 Å². The third-order valence-corrected chi connectivity index (χ3v) is 5.88. The SMILES string of the molecule is CC[S@](=O)c1ccccc1C(=O)N[C@H](C)c1ccc(-c2ccccc2)cc1. The lowest BCUT2D eigenvalue weighted by molar-refractivity contribution is 0.0936. The Morgan fingerprint density at radius 2 is 1.48 bits per heavy atom. The summed E-state index contributed by atoms with van der Waals surface area (Å²) in [6, 6.07) is 25.3. The van der Waals surface area contributed by atoms with Gasteiger partial charge in [0.2, 0.25) is 0 Å². The van der Waals surface area contributed by atoms with Crippen molar-refractivity contribution in [1.29, 1.82) is 0 Å². The number of carbonyl (C=O) groups is 1.